The number of hydrogen-bond acceptors (Lipinski definition) is 4. The second kappa shape index (κ2) is 5.01. The van der Waals surface area contributed by atoms with Crippen molar-refractivity contribution in [2.75, 3.05) is 12.3 Å². The van der Waals surface area contributed by atoms with Gasteiger partial charge >= 0.3 is 0 Å². The van der Waals surface area contributed by atoms with Crippen LogP contribution in [0.25, 0.3) is 0 Å². The summed E-state index contributed by atoms with van der Waals surface area (Å²) in [5, 5.41) is 8.71. The number of amides is 1. The van der Waals surface area contributed by atoms with Gasteiger partial charge in [-0.25, -0.2) is 0 Å². The van der Waals surface area contributed by atoms with Crippen LogP contribution in [-0.2, 0) is 13.5 Å². The van der Waals surface area contributed by atoms with E-state index in [-0.39, 0.29) is 5.91 Å². The van der Waals surface area contributed by atoms with Gasteiger partial charge in [0.2, 0.25) is 0 Å². The molecular weight excluding hydrogens is 236 g/mol. The Kier molecular flexibility index (Phi) is 3.43. The van der Waals surface area contributed by atoms with Crippen LogP contribution >= 0.6 is 11.3 Å². The van der Waals surface area contributed by atoms with E-state index in [1.807, 2.05) is 18.6 Å². The molecule has 0 unspecified atom stereocenters. The standard InChI is InChI=1S/C11H14N4OS/c1-15-7-8(6-14-15)2-4-13-11(16)10-9(12)3-5-17-10/h3,5-7H,2,4,12H2,1H3,(H,13,16). The number of carbonyl (C=O) groups is 1. The highest BCUT2D eigenvalue weighted by atomic mass is 32.1. The van der Waals surface area contributed by atoms with Crippen molar-refractivity contribution >= 4 is 22.9 Å². The second-order valence-corrected chi connectivity index (χ2v) is 4.65. The Morgan fingerprint density at radius 3 is 3.06 bits per heavy atom. The van der Waals surface area contributed by atoms with E-state index in [9.17, 15) is 4.79 Å². The van der Waals surface area contributed by atoms with Crippen LogP contribution in [0.5, 0.6) is 0 Å². The number of nitrogens with zero attached hydrogens (tertiary/aromatic N) is 2. The molecule has 0 aliphatic heterocycles. The normalized spacial score (nSPS) is 10.4. The van der Waals surface area contributed by atoms with E-state index in [2.05, 4.69) is 10.4 Å². The summed E-state index contributed by atoms with van der Waals surface area (Å²) in [4.78, 5) is 12.3. The first-order valence-corrected chi connectivity index (χ1v) is 6.13. The largest absolute Gasteiger partial charge is 0.397 e. The fourth-order valence-corrected chi connectivity index (χ4v) is 2.24. The zero-order chi connectivity index (χ0) is 12.3. The molecule has 0 saturated heterocycles. The summed E-state index contributed by atoms with van der Waals surface area (Å²) in [6.07, 6.45) is 4.50. The van der Waals surface area contributed by atoms with Gasteiger partial charge in [0.05, 0.1) is 11.9 Å². The molecule has 2 aromatic rings. The number of hydrogen-bond donors (Lipinski definition) is 2. The van der Waals surface area contributed by atoms with Gasteiger partial charge in [0.15, 0.2) is 0 Å². The average molecular weight is 250 g/mol. The fraction of sp³-hybridized carbons (Fsp3) is 0.273. The van der Waals surface area contributed by atoms with Gasteiger partial charge in [-0.1, -0.05) is 0 Å². The Labute approximate surface area is 103 Å². The number of nitrogen functional groups attached to an aromatic ring is 1. The van der Waals surface area contributed by atoms with Crippen molar-refractivity contribution in [3.05, 3.63) is 34.3 Å². The topological polar surface area (TPSA) is 72.9 Å². The summed E-state index contributed by atoms with van der Waals surface area (Å²) in [7, 11) is 1.87. The molecule has 2 aromatic heterocycles. The van der Waals surface area contributed by atoms with Crippen LogP contribution in [0, 0.1) is 0 Å². The quantitative estimate of drug-likeness (QED) is 0.851. The summed E-state index contributed by atoms with van der Waals surface area (Å²) in [5.41, 5.74) is 7.30. The van der Waals surface area contributed by atoms with E-state index in [4.69, 9.17) is 5.73 Å². The molecule has 2 rings (SSSR count). The number of aryl methyl sites for hydroxylation is 1. The molecule has 0 aliphatic carbocycles. The predicted octanol–water partition coefficient (Wildman–Crippen LogP) is 1.04. The summed E-state index contributed by atoms with van der Waals surface area (Å²) in [6, 6.07) is 1.74. The van der Waals surface area contributed by atoms with Crippen LogP contribution in [0.2, 0.25) is 0 Å². The number of nitrogens with two attached hydrogens (primary N) is 1. The minimum absolute atomic E-state index is 0.110. The van der Waals surface area contributed by atoms with Crippen molar-refractivity contribution in [1.29, 1.82) is 0 Å². The summed E-state index contributed by atoms with van der Waals surface area (Å²) >= 11 is 1.35. The number of anilines is 1. The van der Waals surface area contributed by atoms with Gasteiger partial charge in [-0.05, 0) is 23.4 Å². The molecule has 2 heterocycles. The molecular formula is C11H14N4OS. The lowest BCUT2D eigenvalue weighted by atomic mass is 10.2. The third kappa shape index (κ3) is 2.85. The van der Waals surface area contributed by atoms with Crippen molar-refractivity contribution in [2.45, 2.75) is 6.42 Å². The predicted molar refractivity (Wildman–Crippen MR) is 68.0 cm³/mol. The van der Waals surface area contributed by atoms with Crippen LogP contribution in [0.3, 0.4) is 0 Å². The Morgan fingerprint density at radius 1 is 1.65 bits per heavy atom. The van der Waals surface area contributed by atoms with Gasteiger partial charge in [-0.15, -0.1) is 11.3 Å². The van der Waals surface area contributed by atoms with E-state index in [1.54, 1.807) is 16.9 Å². The molecule has 1 amide bonds. The molecule has 0 bridgehead atoms. The zero-order valence-electron chi connectivity index (χ0n) is 9.51. The molecule has 0 aliphatic rings. The van der Waals surface area contributed by atoms with Gasteiger partial charge in [0.25, 0.3) is 5.91 Å². The van der Waals surface area contributed by atoms with Gasteiger partial charge in [-0.3, -0.25) is 9.48 Å². The maximum atomic E-state index is 11.7. The SMILES string of the molecule is Cn1cc(CCNC(=O)c2sccc2N)cn1. The Balaban J connectivity index is 1.83. The van der Waals surface area contributed by atoms with Crippen LogP contribution in [0.1, 0.15) is 15.2 Å². The smallest absolute Gasteiger partial charge is 0.263 e. The first-order valence-electron chi connectivity index (χ1n) is 5.25. The molecule has 5 nitrogen and oxygen atoms in total. The van der Waals surface area contributed by atoms with Gasteiger partial charge < -0.3 is 11.1 Å². The lowest BCUT2D eigenvalue weighted by Crippen LogP contribution is -2.25. The zero-order valence-corrected chi connectivity index (χ0v) is 10.3. The van der Waals surface area contributed by atoms with Gasteiger partial charge in [0, 0.05) is 19.8 Å². The Morgan fingerprint density at radius 2 is 2.47 bits per heavy atom. The van der Waals surface area contributed by atoms with E-state index >= 15 is 0 Å². The number of carbonyl (C=O) groups excluding carboxylic acids is 1. The minimum Gasteiger partial charge on any atom is -0.397 e. The Bertz CT molecular complexity index is 517. The Hall–Kier alpha value is -1.82. The first kappa shape index (κ1) is 11.7. The number of rotatable bonds is 4. The van der Waals surface area contributed by atoms with E-state index in [0.29, 0.717) is 17.1 Å². The number of thiophene rings is 1. The first-order chi connectivity index (χ1) is 8.16. The van der Waals surface area contributed by atoms with Crippen molar-refractivity contribution in [1.82, 2.24) is 15.1 Å². The number of aromatic nitrogens is 2. The molecule has 6 heteroatoms. The fourth-order valence-electron chi connectivity index (χ4n) is 1.51. The maximum absolute atomic E-state index is 11.7. The highest BCUT2D eigenvalue weighted by Gasteiger charge is 2.10. The van der Waals surface area contributed by atoms with Crippen LogP contribution in [0.4, 0.5) is 5.69 Å². The summed E-state index contributed by atoms with van der Waals surface area (Å²) in [6.45, 7) is 0.585. The highest BCUT2D eigenvalue weighted by molar-refractivity contribution is 7.12. The van der Waals surface area contributed by atoms with Crippen LogP contribution in [-0.4, -0.2) is 22.2 Å². The molecule has 0 spiro atoms. The average Bonchev–Trinajstić information content (AvgIpc) is 2.87. The third-order valence-electron chi connectivity index (χ3n) is 2.36. The second-order valence-electron chi connectivity index (χ2n) is 3.73. The van der Waals surface area contributed by atoms with Crippen molar-refractivity contribution in [3.8, 4) is 0 Å². The molecule has 17 heavy (non-hydrogen) atoms. The van der Waals surface area contributed by atoms with Crippen LogP contribution < -0.4 is 11.1 Å². The van der Waals surface area contributed by atoms with E-state index in [0.717, 1.165) is 12.0 Å². The van der Waals surface area contributed by atoms with Gasteiger partial charge in [-0.2, -0.15) is 5.10 Å². The lowest BCUT2D eigenvalue weighted by Gasteiger charge is -2.02. The maximum Gasteiger partial charge on any atom is 0.263 e. The monoisotopic (exact) mass is 250 g/mol. The van der Waals surface area contributed by atoms with Crippen molar-refractivity contribution < 1.29 is 4.79 Å². The summed E-state index contributed by atoms with van der Waals surface area (Å²) in [5.74, 6) is -0.110. The molecule has 0 radical (unpaired) electrons. The minimum atomic E-state index is -0.110. The third-order valence-corrected chi connectivity index (χ3v) is 3.29. The van der Waals surface area contributed by atoms with Crippen LogP contribution in [0.15, 0.2) is 23.8 Å². The molecule has 90 valence electrons. The highest BCUT2D eigenvalue weighted by Crippen LogP contribution is 2.18. The van der Waals surface area contributed by atoms with E-state index in [1.165, 1.54) is 11.3 Å². The van der Waals surface area contributed by atoms with Crippen molar-refractivity contribution in [3.63, 3.8) is 0 Å². The number of nitrogens with one attached hydrogen (secondary N) is 1. The molecule has 0 saturated carbocycles. The molecule has 0 atom stereocenters. The molecule has 0 aromatic carbocycles. The van der Waals surface area contributed by atoms with Gasteiger partial charge in [0.1, 0.15) is 4.88 Å². The molecule has 3 N–H and O–H groups in total. The molecule has 0 fully saturated rings. The summed E-state index contributed by atoms with van der Waals surface area (Å²) < 4.78 is 1.74. The lowest BCUT2D eigenvalue weighted by molar-refractivity contribution is 0.0959. The van der Waals surface area contributed by atoms with Crippen molar-refractivity contribution in [2.24, 2.45) is 7.05 Å². The van der Waals surface area contributed by atoms with E-state index < -0.39 is 0 Å².